The Morgan fingerprint density at radius 1 is 0.792 bits per heavy atom. The molecule has 1 aliphatic carbocycles. The number of nitrogens with one attached hydrogen (secondary N) is 4. The Kier molecular flexibility index (Phi) is 12.7. The van der Waals surface area contributed by atoms with E-state index in [0.717, 1.165) is 30.6 Å². The smallest absolute Gasteiger partial charge is 0.407 e. The van der Waals surface area contributed by atoms with Crippen LogP contribution in [0.1, 0.15) is 111 Å². The highest BCUT2D eigenvalue weighted by atomic mass is 32.1. The lowest BCUT2D eigenvalue weighted by Crippen LogP contribution is -2.53. The van der Waals surface area contributed by atoms with Crippen LogP contribution < -0.4 is 15.4 Å². The van der Waals surface area contributed by atoms with Crippen LogP contribution in [0.3, 0.4) is 0 Å². The summed E-state index contributed by atoms with van der Waals surface area (Å²) in [4.78, 5) is 78.1. The second kappa shape index (κ2) is 19.3. The zero-order valence-electron chi connectivity index (χ0n) is 40.3. The number of alkyl carbamates (subject to hydrolysis) is 2. The number of likely N-dealkylation sites (tertiary alicyclic amines) is 2. The maximum absolute atomic E-state index is 17.5. The fraction of sp³-hybridized carbons (Fsp3) is 0.471. The average molecular weight is 1010 g/mol. The average Bonchev–Trinajstić information content (AvgIpc) is 4.10. The van der Waals surface area contributed by atoms with Crippen molar-refractivity contribution in [2.24, 2.45) is 11.8 Å². The maximum Gasteiger partial charge on any atom is 0.407 e. The van der Waals surface area contributed by atoms with E-state index >= 15 is 8.78 Å². The molecule has 2 aromatic carbocycles. The molecule has 0 spiro atoms. The molecule has 5 aliphatic rings. The van der Waals surface area contributed by atoms with Crippen molar-refractivity contribution in [3.63, 3.8) is 0 Å². The first-order valence-corrected chi connectivity index (χ1v) is 25.5. The van der Waals surface area contributed by atoms with Crippen LogP contribution in [0, 0.1) is 23.5 Å². The van der Waals surface area contributed by atoms with Gasteiger partial charge in [0.1, 0.15) is 35.3 Å². The molecule has 5 atom stereocenters. The number of carbonyl (C=O) groups excluding carboxylic acids is 4. The molecule has 378 valence electrons. The monoisotopic (exact) mass is 1010 g/mol. The SMILES string of the molecule is COC(=O)N[C@H](C(=O)N1CCC[C@H]1c1ncc(-c2cc(F)c3c(c2)OC(c2ncc(C4CC4)s2)n2c-3c(F)c3cc(-c4cnc([C@@H]5CCCN5C(=O)[C@@H](NC(=O)OC)C5CCOCC5)[nH]4)ccc32)[nH]1)C(C)C. The van der Waals surface area contributed by atoms with Gasteiger partial charge in [-0.2, -0.15) is 0 Å². The molecule has 11 rings (SSSR count). The van der Waals surface area contributed by atoms with Gasteiger partial charge in [-0.1, -0.05) is 19.9 Å². The van der Waals surface area contributed by atoms with E-state index in [2.05, 4.69) is 25.6 Å². The van der Waals surface area contributed by atoms with E-state index in [1.165, 1.54) is 31.6 Å². The number of aromatic nitrogens is 6. The number of thiazole rings is 1. The molecule has 0 radical (unpaired) electrons. The molecule has 4 aliphatic heterocycles. The van der Waals surface area contributed by atoms with Gasteiger partial charge in [-0.05, 0) is 93.4 Å². The molecule has 1 unspecified atom stereocenters. The number of hydrogen-bond acceptors (Lipinski definition) is 12. The van der Waals surface area contributed by atoms with Gasteiger partial charge < -0.3 is 49.3 Å². The third kappa shape index (κ3) is 8.62. The second-order valence-corrected chi connectivity index (χ2v) is 20.7. The number of ether oxygens (including phenoxy) is 4. The number of H-pyrrole nitrogens is 2. The molecule has 3 saturated heterocycles. The number of nitrogens with zero attached hydrogens (tertiary/aromatic N) is 6. The molecule has 4 aromatic heterocycles. The molecule has 4 N–H and O–H groups in total. The van der Waals surface area contributed by atoms with Crippen molar-refractivity contribution in [1.29, 1.82) is 0 Å². The Hall–Kier alpha value is -6.87. The van der Waals surface area contributed by atoms with Crippen LogP contribution in [0.4, 0.5) is 18.4 Å². The predicted octanol–water partition coefficient (Wildman–Crippen LogP) is 8.50. The molecular weight excluding hydrogens is 951 g/mol. The number of benzene rings is 2. The highest BCUT2D eigenvalue weighted by molar-refractivity contribution is 7.11. The quantitative estimate of drug-likeness (QED) is 0.0913. The van der Waals surface area contributed by atoms with Crippen LogP contribution >= 0.6 is 11.3 Å². The summed E-state index contributed by atoms with van der Waals surface area (Å²) < 4.78 is 58.1. The Morgan fingerprint density at radius 2 is 1.44 bits per heavy atom. The molecular formula is C51H56F2N10O8S. The van der Waals surface area contributed by atoms with Gasteiger partial charge >= 0.3 is 12.2 Å². The van der Waals surface area contributed by atoms with Crippen LogP contribution in [0.2, 0.25) is 0 Å². The number of fused-ring (bicyclic) bond motifs is 5. The number of hydrogen-bond donors (Lipinski definition) is 4. The number of rotatable bonds is 12. The van der Waals surface area contributed by atoms with Gasteiger partial charge in [-0.25, -0.2) is 33.3 Å². The molecule has 0 bridgehead atoms. The molecule has 18 nitrogen and oxygen atoms in total. The predicted molar refractivity (Wildman–Crippen MR) is 260 cm³/mol. The Labute approximate surface area is 417 Å². The van der Waals surface area contributed by atoms with Crippen molar-refractivity contribution in [3.8, 4) is 39.5 Å². The van der Waals surface area contributed by atoms with Crippen LogP contribution in [0.5, 0.6) is 5.75 Å². The Balaban J connectivity index is 0.912. The number of carbonyl (C=O) groups is 4. The lowest BCUT2D eigenvalue weighted by atomic mass is 9.90. The van der Waals surface area contributed by atoms with Gasteiger partial charge in [0.25, 0.3) is 0 Å². The first kappa shape index (κ1) is 47.5. The number of methoxy groups -OCH3 is 2. The first-order valence-electron chi connectivity index (χ1n) is 24.7. The van der Waals surface area contributed by atoms with Crippen LogP contribution in [0.15, 0.2) is 48.9 Å². The van der Waals surface area contributed by atoms with E-state index in [1.807, 2.05) is 26.1 Å². The second-order valence-electron chi connectivity index (χ2n) is 19.6. The standard InChI is InChI=1S/C51H56F2N10O8S/c1-25(2)41(59-50(66)68-3)47(64)61-15-5-7-35(61)45-55-23-33(58-45)29-20-31(52)39-37(21-29)71-49(46-56-24-38(72-46)26-9-10-26)63-34-12-11-28(19-30(34)40(53)43(39)63)32-22-54-44(57-32)36-8-6-16-62(36)48(65)42(60-51(67)69-4)27-13-17-70-18-14-27/h11-12,19-27,35-36,41-42,49H,5-10,13-18H2,1-4H3,(H,54,57)(H,55,58)(H,59,66)(H,60,67)/t35-,36-,41-,42-,49?/m0/s1. The number of halogens is 2. The minimum Gasteiger partial charge on any atom is -0.462 e. The molecule has 72 heavy (non-hydrogen) atoms. The van der Waals surface area contributed by atoms with Crippen molar-refractivity contribution < 1.29 is 46.9 Å². The summed E-state index contributed by atoms with van der Waals surface area (Å²) in [6.45, 7) is 5.65. The highest BCUT2D eigenvalue weighted by Gasteiger charge is 2.42. The fourth-order valence-corrected chi connectivity index (χ4v) is 12.0. The molecule has 21 heteroatoms. The molecule has 8 heterocycles. The van der Waals surface area contributed by atoms with Crippen molar-refractivity contribution in [2.45, 2.75) is 102 Å². The van der Waals surface area contributed by atoms with Gasteiger partial charge in [0.15, 0.2) is 10.8 Å². The van der Waals surface area contributed by atoms with E-state index in [1.54, 1.807) is 45.0 Å². The van der Waals surface area contributed by atoms with Crippen LogP contribution in [0.25, 0.3) is 44.7 Å². The summed E-state index contributed by atoms with van der Waals surface area (Å²) in [5.41, 5.74) is 2.58. The highest BCUT2D eigenvalue weighted by Crippen LogP contribution is 2.51. The molecule has 1 saturated carbocycles. The van der Waals surface area contributed by atoms with Crippen molar-refractivity contribution in [3.05, 3.63) is 82.1 Å². The summed E-state index contributed by atoms with van der Waals surface area (Å²) in [6.07, 6.45) is 8.93. The Morgan fingerprint density at radius 3 is 2.10 bits per heavy atom. The summed E-state index contributed by atoms with van der Waals surface area (Å²) in [5, 5.41) is 6.29. The largest absolute Gasteiger partial charge is 0.462 e. The lowest BCUT2D eigenvalue weighted by Gasteiger charge is -2.34. The summed E-state index contributed by atoms with van der Waals surface area (Å²) >= 11 is 1.50. The Bertz CT molecular complexity index is 3070. The van der Waals surface area contributed by atoms with Gasteiger partial charge in [-0.15, -0.1) is 11.3 Å². The van der Waals surface area contributed by atoms with Gasteiger partial charge in [0, 0.05) is 53.9 Å². The van der Waals surface area contributed by atoms with Gasteiger partial charge in [-0.3, -0.25) is 14.2 Å². The number of imidazole rings is 2. The third-order valence-electron chi connectivity index (χ3n) is 14.8. The fourth-order valence-electron chi connectivity index (χ4n) is 10.9. The van der Waals surface area contributed by atoms with Crippen molar-refractivity contribution in [2.75, 3.05) is 40.5 Å². The third-order valence-corrected chi connectivity index (χ3v) is 16.0. The lowest BCUT2D eigenvalue weighted by molar-refractivity contribution is -0.137. The summed E-state index contributed by atoms with van der Waals surface area (Å²) in [6, 6.07) is 5.97. The van der Waals surface area contributed by atoms with E-state index in [-0.39, 0.29) is 52.1 Å². The maximum atomic E-state index is 17.5. The van der Waals surface area contributed by atoms with Crippen LogP contribution in [-0.4, -0.2) is 116 Å². The molecule has 4 fully saturated rings. The van der Waals surface area contributed by atoms with E-state index in [0.29, 0.717) is 103 Å². The zero-order valence-corrected chi connectivity index (χ0v) is 41.2. The number of amides is 4. The van der Waals surface area contributed by atoms with E-state index in [9.17, 15) is 19.2 Å². The zero-order chi connectivity index (χ0) is 49.9. The summed E-state index contributed by atoms with van der Waals surface area (Å²) in [7, 11) is 2.52. The van der Waals surface area contributed by atoms with Crippen molar-refractivity contribution >= 4 is 46.2 Å². The topological polar surface area (TPSA) is 211 Å². The van der Waals surface area contributed by atoms with E-state index < -0.39 is 48.2 Å². The summed E-state index contributed by atoms with van der Waals surface area (Å²) in [5.74, 6) is -0.499. The van der Waals surface area contributed by atoms with Gasteiger partial charge in [0.2, 0.25) is 18.0 Å². The molecule has 4 amide bonds. The van der Waals surface area contributed by atoms with E-state index in [4.69, 9.17) is 28.9 Å². The number of aromatic amines is 2. The van der Waals surface area contributed by atoms with Crippen molar-refractivity contribution in [1.82, 2.24) is 49.9 Å². The normalized spacial score (nSPS) is 20.8. The first-order chi connectivity index (χ1) is 34.9. The van der Waals surface area contributed by atoms with Crippen LogP contribution in [-0.2, 0) is 23.8 Å². The minimum atomic E-state index is -0.927. The molecule has 6 aromatic rings. The van der Waals surface area contributed by atoms with Gasteiger partial charge in [0.05, 0.1) is 66.9 Å². The minimum absolute atomic E-state index is 0.0244.